The van der Waals surface area contributed by atoms with Crippen LogP contribution in [-0.2, 0) is 0 Å². The van der Waals surface area contributed by atoms with Gasteiger partial charge in [0.1, 0.15) is 0 Å². The number of hydrogen-bond donors (Lipinski definition) is 1. The summed E-state index contributed by atoms with van der Waals surface area (Å²) in [5.74, 6) is 2.64. The molecule has 1 N–H and O–H groups in total. The smallest absolute Gasteiger partial charge is 0.0683 e. The molecule has 0 aliphatic rings. The first kappa shape index (κ1) is 15.0. The van der Waals surface area contributed by atoms with Crippen LogP contribution in [0.15, 0.2) is 0 Å². The van der Waals surface area contributed by atoms with E-state index in [0.29, 0.717) is 0 Å². The van der Waals surface area contributed by atoms with Crippen molar-refractivity contribution in [3.05, 3.63) is 0 Å². The van der Waals surface area contributed by atoms with Gasteiger partial charge in [-0.25, -0.2) is 0 Å². The molecule has 0 aromatic rings. The lowest BCUT2D eigenvalue weighted by atomic mass is 9.89. The fourth-order valence-corrected chi connectivity index (χ4v) is 1.47. The summed E-state index contributed by atoms with van der Waals surface area (Å²) in [7, 11) is 0. The Balaban J connectivity index is 3.17. The minimum atomic E-state index is -0.160. The minimum absolute atomic E-state index is 0.160. The van der Waals surface area contributed by atoms with Crippen molar-refractivity contribution < 1.29 is 0 Å². The third-order valence-electron chi connectivity index (χ3n) is 2.63. The average molecular weight is 220 g/mol. The van der Waals surface area contributed by atoms with E-state index < -0.39 is 0 Å². The Morgan fingerprint density at radius 3 is 2.31 bits per heavy atom. The van der Waals surface area contributed by atoms with Gasteiger partial charge in [-0.15, -0.1) is 12.3 Å². The second-order valence-corrected chi connectivity index (χ2v) is 4.86. The highest BCUT2D eigenvalue weighted by Crippen LogP contribution is 2.21. The summed E-state index contributed by atoms with van der Waals surface area (Å²) in [4.78, 5) is 0. The van der Waals surface area contributed by atoms with E-state index in [4.69, 9.17) is 11.7 Å². The van der Waals surface area contributed by atoms with Gasteiger partial charge < -0.3 is 5.32 Å². The van der Waals surface area contributed by atoms with Crippen LogP contribution in [0.5, 0.6) is 0 Å². The summed E-state index contributed by atoms with van der Waals surface area (Å²) >= 11 is 0. The Hall–Kier alpha value is -0.990. The lowest BCUT2D eigenvalue weighted by Gasteiger charge is -2.14. The fraction of sp³-hybridized carbons (Fsp3) is 0.786. The summed E-state index contributed by atoms with van der Waals surface area (Å²) in [5.41, 5.74) is -0.160. The zero-order valence-electron chi connectivity index (χ0n) is 10.7. The second-order valence-electron chi connectivity index (χ2n) is 4.86. The molecule has 0 saturated heterocycles. The first-order chi connectivity index (χ1) is 7.62. The van der Waals surface area contributed by atoms with Gasteiger partial charge in [-0.3, -0.25) is 0 Å². The van der Waals surface area contributed by atoms with Gasteiger partial charge in [0, 0.05) is 6.42 Å². The zero-order chi connectivity index (χ0) is 12.3. The molecule has 0 aliphatic carbocycles. The van der Waals surface area contributed by atoms with E-state index in [1.807, 2.05) is 13.8 Å². The highest BCUT2D eigenvalue weighted by molar-refractivity contribution is 4.91. The van der Waals surface area contributed by atoms with E-state index in [1.165, 1.54) is 0 Å². The van der Waals surface area contributed by atoms with Crippen molar-refractivity contribution in [1.29, 1.82) is 5.26 Å². The van der Waals surface area contributed by atoms with Gasteiger partial charge in [-0.05, 0) is 52.6 Å². The third-order valence-corrected chi connectivity index (χ3v) is 2.63. The van der Waals surface area contributed by atoms with Crippen molar-refractivity contribution in [2.24, 2.45) is 5.41 Å². The molecule has 0 atom stereocenters. The SMILES string of the molecule is C#CCCCCNCCCCC(C)(C)C#N. The van der Waals surface area contributed by atoms with E-state index in [1.54, 1.807) is 0 Å². The summed E-state index contributed by atoms with van der Waals surface area (Å²) in [6.45, 7) is 6.11. The Bertz CT molecular complexity index is 242. The van der Waals surface area contributed by atoms with Crippen LogP contribution in [-0.4, -0.2) is 13.1 Å². The van der Waals surface area contributed by atoms with Crippen molar-refractivity contribution in [2.75, 3.05) is 13.1 Å². The topological polar surface area (TPSA) is 35.8 Å². The molecule has 0 bridgehead atoms. The molecule has 0 saturated carbocycles. The summed E-state index contributed by atoms with van der Waals surface area (Å²) in [6.07, 6.45) is 11.6. The van der Waals surface area contributed by atoms with Crippen molar-refractivity contribution in [2.45, 2.75) is 52.4 Å². The molecule has 0 unspecified atom stereocenters. The van der Waals surface area contributed by atoms with E-state index in [-0.39, 0.29) is 5.41 Å². The Labute approximate surface area is 100 Å². The molecule has 0 fully saturated rings. The van der Waals surface area contributed by atoms with Crippen LogP contribution >= 0.6 is 0 Å². The van der Waals surface area contributed by atoms with Gasteiger partial charge in [-0.2, -0.15) is 5.26 Å². The van der Waals surface area contributed by atoms with Crippen LogP contribution in [0.1, 0.15) is 52.4 Å². The first-order valence-corrected chi connectivity index (χ1v) is 6.18. The maximum absolute atomic E-state index is 8.84. The predicted molar refractivity (Wildman–Crippen MR) is 68.8 cm³/mol. The van der Waals surface area contributed by atoms with E-state index >= 15 is 0 Å². The van der Waals surface area contributed by atoms with Gasteiger partial charge >= 0.3 is 0 Å². The maximum atomic E-state index is 8.84. The monoisotopic (exact) mass is 220 g/mol. The third kappa shape index (κ3) is 9.56. The Kier molecular flexibility index (Phi) is 8.68. The number of hydrogen-bond acceptors (Lipinski definition) is 2. The van der Waals surface area contributed by atoms with Crippen LogP contribution in [0.4, 0.5) is 0 Å². The normalized spacial score (nSPS) is 10.8. The summed E-state index contributed by atoms with van der Waals surface area (Å²) < 4.78 is 0. The largest absolute Gasteiger partial charge is 0.317 e. The molecular formula is C14H24N2. The van der Waals surface area contributed by atoms with Crippen molar-refractivity contribution in [3.63, 3.8) is 0 Å². The molecule has 0 rings (SSSR count). The number of nitrogens with one attached hydrogen (secondary N) is 1. The first-order valence-electron chi connectivity index (χ1n) is 6.18. The molecule has 0 heterocycles. The van der Waals surface area contributed by atoms with E-state index in [2.05, 4.69) is 17.3 Å². The molecule has 0 amide bonds. The van der Waals surface area contributed by atoms with Gasteiger partial charge in [0.05, 0.1) is 11.5 Å². The van der Waals surface area contributed by atoms with Gasteiger partial charge in [0.15, 0.2) is 0 Å². The van der Waals surface area contributed by atoms with E-state index in [0.717, 1.165) is 51.6 Å². The van der Waals surface area contributed by atoms with Crippen LogP contribution in [0.2, 0.25) is 0 Å². The van der Waals surface area contributed by atoms with Gasteiger partial charge in [0.25, 0.3) is 0 Å². The molecule has 2 nitrogen and oxygen atoms in total. The van der Waals surface area contributed by atoms with Crippen LogP contribution in [0.3, 0.4) is 0 Å². The quantitative estimate of drug-likeness (QED) is 0.479. The molecular weight excluding hydrogens is 196 g/mol. The number of nitrogens with zero attached hydrogens (tertiary/aromatic N) is 1. The van der Waals surface area contributed by atoms with Crippen molar-refractivity contribution in [3.8, 4) is 18.4 Å². The number of unbranched alkanes of at least 4 members (excludes halogenated alkanes) is 3. The predicted octanol–water partition coefficient (Wildman–Crippen LogP) is 3.10. The number of nitriles is 1. The zero-order valence-corrected chi connectivity index (χ0v) is 10.7. The van der Waals surface area contributed by atoms with Gasteiger partial charge in [0.2, 0.25) is 0 Å². The minimum Gasteiger partial charge on any atom is -0.317 e. The molecule has 0 radical (unpaired) electrons. The summed E-state index contributed by atoms with van der Waals surface area (Å²) in [6, 6.07) is 2.33. The molecule has 2 heteroatoms. The molecule has 16 heavy (non-hydrogen) atoms. The second kappa shape index (κ2) is 9.25. The average Bonchev–Trinajstić information content (AvgIpc) is 2.27. The van der Waals surface area contributed by atoms with Gasteiger partial charge in [-0.1, -0.05) is 6.42 Å². The maximum Gasteiger partial charge on any atom is 0.0683 e. The molecule has 90 valence electrons. The lowest BCUT2D eigenvalue weighted by Crippen LogP contribution is -2.17. The van der Waals surface area contributed by atoms with Crippen LogP contribution < -0.4 is 5.32 Å². The highest BCUT2D eigenvalue weighted by atomic mass is 14.8. The van der Waals surface area contributed by atoms with Crippen molar-refractivity contribution >= 4 is 0 Å². The van der Waals surface area contributed by atoms with Crippen LogP contribution in [0, 0.1) is 29.1 Å². The van der Waals surface area contributed by atoms with Crippen molar-refractivity contribution in [1.82, 2.24) is 5.32 Å². The van der Waals surface area contributed by atoms with Crippen LogP contribution in [0.25, 0.3) is 0 Å². The summed E-state index contributed by atoms with van der Waals surface area (Å²) in [5, 5.41) is 12.2. The highest BCUT2D eigenvalue weighted by Gasteiger charge is 2.14. The Morgan fingerprint density at radius 2 is 1.75 bits per heavy atom. The molecule has 0 spiro atoms. The fourth-order valence-electron chi connectivity index (χ4n) is 1.47. The molecule has 0 aromatic heterocycles. The molecule has 0 aliphatic heterocycles. The number of terminal acetylenes is 1. The standard InChI is InChI=1S/C14H24N2/c1-4-5-6-8-11-16-12-9-7-10-14(2,3)13-15/h1,16H,5-12H2,2-3H3. The number of rotatable bonds is 9. The lowest BCUT2D eigenvalue weighted by molar-refractivity contribution is 0.422. The van der Waals surface area contributed by atoms with E-state index in [9.17, 15) is 0 Å². The molecule has 0 aromatic carbocycles. The Morgan fingerprint density at radius 1 is 1.12 bits per heavy atom.